The molecule has 12 heteroatoms. The summed E-state index contributed by atoms with van der Waals surface area (Å²) in [4.78, 5) is 25.0. The maximum Gasteiger partial charge on any atom is 0.246 e. The molecule has 10 nitrogen and oxygen atoms in total. The van der Waals surface area contributed by atoms with E-state index in [1.807, 2.05) is 24.0 Å². The summed E-state index contributed by atoms with van der Waals surface area (Å²) < 4.78 is 16.5. The van der Waals surface area contributed by atoms with Gasteiger partial charge in [-0.2, -0.15) is 15.1 Å². The fourth-order valence-electron chi connectivity index (χ4n) is 4.78. The molecular formula is C26H28ClFN8O2. The van der Waals surface area contributed by atoms with E-state index in [1.54, 1.807) is 17.2 Å². The van der Waals surface area contributed by atoms with Gasteiger partial charge in [0.05, 0.1) is 16.7 Å². The van der Waals surface area contributed by atoms with Crippen molar-refractivity contribution in [3.05, 3.63) is 53.5 Å². The smallest absolute Gasteiger partial charge is 0.246 e. The van der Waals surface area contributed by atoms with Gasteiger partial charge in [0.25, 0.3) is 0 Å². The van der Waals surface area contributed by atoms with Crippen LogP contribution in [0.2, 0.25) is 5.02 Å². The molecule has 2 aromatic heterocycles. The van der Waals surface area contributed by atoms with E-state index in [2.05, 4.69) is 27.1 Å². The lowest BCUT2D eigenvalue weighted by atomic mass is 9.95. The number of rotatable bonds is 7. The number of hydroxylamine groups is 2. The van der Waals surface area contributed by atoms with Gasteiger partial charge in [0, 0.05) is 68.2 Å². The lowest BCUT2D eigenvalue weighted by molar-refractivity contribution is -0.126. The molecule has 0 atom stereocenters. The second-order valence-electron chi connectivity index (χ2n) is 9.23. The number of aromatic amines is 1. The molecule has 0 aliphatic carbocycles. The Hall–Kier alpha value is -3.80. The van der Waals surface area contributed by atoms with Crippen LogP contribution >= 0.6 is 11.6 Å². The maximum atomic E-state index is 16.5. The summed E-state index contributed by atoms with van der Waals surface area (Å²) in [6.07, 6.45) is 2.96. The number of amides is 1. The number of anilines is 2. The van der Waals surface area contributed by atoms with Crippen molar-refractivity contribution in [3.63, 3.8) is 0 Å². The number of aromatic nitrogens is 4. The second kappa shape index (κ2) is 10.5. The molecule has 2 aromatic carbocycles. The van der Waals surface area contributed by atoms with Crippen LogP contribution in [0.15, 0.2) is 37.1 Å². The third-order valence-corrected chi connectivity index (χ3v) is 7.03. The van der Waals surface area contributed by atoms with Crippen molar-refractivity contribution in [1.29, 1.82) is 0 Å². The molecule has 5 rings (SSSR count). The highest BCUT2D eigenvalue weighted by Crippen LogP contribution is 2.42. The molecule has 0 radical (unpaired) electrons. The predicted octanol–water partition coefficient (Wildman–Crippen LogP) is 3.84. The van der Waals surface area contributed by atoms with Gasteiger partial charge < -0.3 is 20.3 Å². The normalized spacial score (nSPS) is 14.1. The molecule has 3 heterocycles. The van der Waals surface area contributed by atoms with Crippen LogP contribution in [0.1, 0.15) is 5.56 Å². The largest absolute Gasteiger partial charge is 0.353 e. The first-order valence-electron chi connectivity index (χ1n) is 12.2. The highest BCUT2D eigenvalue weighted by Gasteiger charge is 2.26. The van der Waals surface area contributed by atoms with Crippen LogP contribution in [-0.4, -0.2) is 87.6 Å². The van der Waals surface area contributed by atoms with E-state index < -0.39 is 5.82 Å². The van der Waals surface area contributed by atoms with Crippen LogP contribution in [0.4, 0.5) is 16.2 Å². The number of fused-ring (bicyclic) bond motifs is 2. The number of halogens is 2. The summed E-state index contributed by atoms with van der Waals surface area (Å²) in [6.45, 7) is 8.07. The molecule has 0 unspecified atom stereocenters. The Kier molecular flexibility index (Phi) is 7.15. The van der Waals surface area contributed by atoms with E-state index in [0.29, 0.717) is 56.0 Å². The molecule has 0 saturated carbocycles. The zero-order valence-corrected chi connectivity index (χ0v) is 21.9. The van der Waals surface area contributed by atoms with E-state index in [0.717, 1.165) is 21.5 Å². The third kappa shape index (κ3) is 4.75. The molecule has 1 aliphatic heterocycles. The van der Waals surface area contributed by atoms with Crippen LogP contribution in [0, 0.1) is 12.7 Å². The molecule has 1 aliphatic rings. The average molecular weight is 539 g/mol. The topological polar surface area (TPSA) is 114 Å². The number of aryl methyl sites for hydroxylation is 1. The highest BCUT2D eigenvalue weighted by molar-refractivity contribution is 6.35. The quantitative estimate of drug-likeness (QED) is 0.240. The summed E-state index contributed by atoms with van der Waals surface area (Å²) in [6, 6.07) is 5.49. The first-order chi connectivity index (χ1) is 18.3. The third-order valence-electron chi connectivity index (χ3n) is 6.73. The molecule has 0 spiro atoms. The molecule has 1 amide bonds. The van der Waals surface area contributed by atoms with Crippen molar-refractivity contribution < 1.29 is 14.4 Å². The minimum Gasteiger partial charge on any atom is -0.353 e. The summed E-state index contributed by atoms with van der Waals surface area (Å²) in [5.41, 5.74) is 2.64. The number of likely N-dealkylation sites (N-methyl/N-ethyl adjacent to an activating group) is 1. The Morgan fingerprint density at radius 1 is 1.26 bits per heavy atom. The van der Waals surface area contributed by atoms with Gasteiger partial charge in [-0.3, -0.25) is 9.89 Å². The Balaban J connectivity index is 1.65. The van der Waals surface area contributed by atoms with Gasteiger partial charge in [-0.1, -0.05) is 24.2 Å². The van der Waals surface area contributed by atoms with E-state index in [1.165, 1.54) is 13.1 Å². The van der Waals surface area contributed by atoms with Gasteiger partial charge in [-0.15, -0.1) is 0 Å². The summed E-state index contributed by atoms with van der Waals surface area (Å²) >= 11 is 6.78. The number of carbonyl (C=O) groups excluding carboxylic acids is 1. The van der Waals surface area contributed by atoms with Crippen LogP contribution < -0.4 is 10.2 Å². The Morgan fingerprint density at radius 2 is 2.03 bits per heavy atom. The Morgan fingerprint density at radius 3 is 2.74 bits per heavy atom. The predicted molar refractivity (Wildman–Crippen MR) is 146 cm³/mol. The van der Waals surface area contributed by atoms with Crippen LogP contribution in [-0.2, 0) is 4.79 Å². The molecule has 38 heavy (non-hydrogen) atoms. The van der Waals surface area contributed by atoms with E-state index in [-0.39, 0.29) is 28.0 Å². The van der Waals surface area contributed by atoms with Crippen LogP contribution in [0.5, 0.6) is 0 Å². The lowest BCUT2D eigenvalue weighted by Crippen LogP contribution is -2.48. The zero-order chi connectivity index (χ0) is 27.0. The van der Waals surface area contributed by atoms with Gasteiger partial charge in [0.15, 0.2) is 5.82 Å². The Bertz CT molecular complexity index is 1530. The van der Waals surface area contributed by atoms with Gasteiger partial charge in [0.1, 0.15) is 11.3 Å². The number of H-pyrrole nitrogens is 1. The van der Waals surface area contributed by atoms with Gasteiger partial charge in [-0.05, 0) is 30.7 Å². The van der Waals surface area contributed by atoms with E-state index in [4.69, 9.17) is 16.6 Å². The zero-order valence-electron chi connectivity index (χ0n) is 21.1. The molecule has 4 aromatic rings. The van der Waals surface area contributed by atoms with E-state index in [9.17, 15) is 10.0 Å². The fraction of sp³-hybridized carbons (Fsp3) is 0.308. The molecule has 1 fully saturated rings. The van der Waals surface area contributed by atoms with Crippen molar-refractivity contribution in [1.82, 2.24) is 30.1 Å². The monoisotopic (exact) mass is 538 g/mol. The molecule has 198 valence electrons. The van der Waals surface area contributed by atoms with Crippen molar-refractivity contribution in [2.24, 2.45) is 0 Å². The molecule has 1 saturated heterocycles. The summed E-state index contributed by atoms with van der Waals surface area (Å²) in [5.74, 6) is 0.0569. The average Bonchev–Trinajstić information content (AvgIpc) is 3.38. The number of nitrogens with zero attached hydrogens (tertiary/aromatic N) is 6. The standard InChI is InChI=1S/C26H28ClFN8O2/c1-4-20(37)35-9-11-36(12-10-35)25-16-13-18(27)22(21-15(2)5-6-19-17(21)14-30-33-19)23(28)24(16)31-26(32-25)29-7-8-34(3)38/h4-6,13-14,38H,1,7-12H2,2-3H3,(H,30,33)(H,29,31,32). The molecule has 0 bridgehead atoms. The molecule has 3 N–H and O–H groups in total. The Labute approximate surface area is 223 Å². The minimum atomic E-state index is -0.559. The number of benzene rings is 2. The second-order valence-corrected chi connectivity index (χ2v) is 9.63. The SMILES string of the molecule is C=CC(=O)N1CCN(c2nc(NCCN(C)O)nc3c(F)c(-c4c(C)ccc5[nH]ncc45)c(Cl)cc23)CC1. The number of carbonyl (C=O) groups is 1. The van der Waals surface area contributed by atoms with E-state index >= 15 is 4.39 Å². The van der Waals surface area contributed by atoms with Crippen molar-refractivity contribution in [2.45, 2.75) is 6.92 Å². The van der Waals surface area contributed by atoms with Gasteiger partial charge in [-0.25, -0.2) is 9.37 Å². The molecular weight excluding hydrogens is 511 g/mol. The van der Waals surface area contributed by atoms with Crippen molar-refractivity contribution >= 4 is 51.1 Å². The fourth-order valence-corrected chi connectivity index (χ4v) is 5.07. The maximum absolute atomic E-state index is 16.5. The highest BCUT2D eigenvalue weighted by atomic mass is 35.5. The first kappa shape index (κ1) is 25.8. The van der Waals surface area contributed by atoms with Crippen LogP contribution in [0.3, 0.4) is 0 Å². The first-order valence-corrected chi connectivity index (χ1v) is 12.6. The van der Waals surface area contributed by atoms with Crippen molar-refractivity contribution in [2.75, 3.05) is 56.5 Å². The number of piperazine rings is 1. The van der Waals surface area contributed by atoms with Gasteiger partial charge >= 0.3 is 0 Å². The summed E-state index contributed by atoms with van der Waals surface area (Å²) in [5, 5.41) is 22.1. The van der Waals surface area contributed by atoms with Gasteiger partial charge in [0.2, 0.25) is 11.9 Å². The lowest BCUT2D eigenvalue weighted by Gasteiger charge is -2.35. The van der Waals surface area contributed by atoms with Crippen LogP contribution in [0.25, 0.3) is 32.9 Å². The number of hydrogen-bond acceptors (Lipinski definition) is 8. The minimum absolute atomic E-state index is 0.124. The van der Waals surface area contributed by atoms with Crippen molar-refractivity contribution in [3.8, 4) is 11.1 Å². The number of hydrogen-bond donors (Lipinski definition) is 3. The summed E-state index contributed by atoms with van der Waals surface area (Å²) in [7, 11) is 1.53. The number of nitrogens with one attached hydrogen (secondary N) is 2.